The maximum absolute atomic E-state index is 15.2. The summed E-state index contributed by atoms with van der Waals surface area (Å²) in [7, 11) is 0. The van der Waals surface area contributed by atoms with Gasteiger partial charge in [-0.3, -0.25) is 14.9 Å². The number of allylic oxidation sites excluding steroid dienone is 1. The van der Waals surface area contributed by atoms with Gasteiger partial charge in [0.25, 0.3) is 5.69 Å². The second-order valence-electron chi connectivity index (χ2n) is 18.2. The van der Waals surface area contributed by atoms with E-state index < -0.39 is 34.6 Å². The third-order valence-corrected chi connectivity index (χ3v) is 13.9. The van der Waals surface area contributed by atoms with Gasteiger partial charge in [-0.15, -0.1) is 6.58 Å². The number of nitrogens with zero attached hydrogens (tertiary/aromatic N) is 3. The summed E-state index contributed by atoms with van der Waals surface area (Å²) in [6.45, 7) is 6.49. The summed E-state index contributed by atoms with van der Waals surface area (Å²) in [6.07, 6.45) is 13.0. The molecule has 3 aliphatic carbocycles. The third-order valence-electron chi connectivity index (χ3n) is 13.9. The normalized spacial score (nSPS) is 23.6. The number of nitro benzene ring substituents is 1. The Kier molecular flexibility index (Phi) is 17.2. The maximum Gasteiger partial charge on any atom is 0.412 e. The third kappa shape index (κ3) is 11.7. The van der Waals surface area contributed by atoms with Crippen molar-refractivity contribution in [2.45, 2.75) is 121 Å². The second kappa shape index (κ2) is 23.4. The van der Waals surface area contributed by atoms with Crippen LogP contribution < -0.4 is 14.8 Å². The van der Waals surface area contributed by atoms with Gasteiger partial charge in [-0.25, -0.2) is 9.18 Å². The Bertz CT molecular complexity index is 2230. The number of benzene rings is 3. The Morgan fingerprint density at radius 2 is 1.72 bits per heavy atom. The Morgan fingerprint density at radius 3 is 2.40 bits per heavy atom. The van der Waals surface area contributed by atoms with Crippen LogP contribution in [-0.4, -0.2) is 75.9 Å². The molecule has 360 valence electrons. The van der Waals surface area contributed by atoms with Crippen LogP contribution in [0.3, 0.4) is 0 Å². The van der Waals surface area contributed by atoms with E-state index in [2.05, 4.69) is 18.0 Å². The number of nitro groups is 1. The number of fused-ring (bicyclic) bond motifs is 2. The SMILES string of the molecule is C=CCOC12Oc3ccc(OC(=O)NCC)cc3C3C(CCCCO)C(CCCCO)C=C(C(=NOCc4ccc([N+](=O)[O-])cc4)CC1N(Cc1ccc(F)cc1)C(=O)CCC1CCCC1)C32. The van der Waals surface area contributed by atoms with E-state index in [-0.39, 0.29) is 75.2 Å². The van der Waals surface area contributed by atoms with Gasteiger partial charge < -0.3 is 39.5 Å². The van der Waals surface area contributed by atoms with Gasteiger partial charge in [0, 0.05) is 62.8 Å². The molecule has 1 heterocycles. The molecular formula is C52H65FN4O10. The van der Waals surface area contributed by atoms with Crippen LogP contribution >= 0.6 is 0 Å². The first-order valence-electron chi connectivity index (χ1n) is 24.0. The van der Waals surface area contributed by atoms with Crippen LogP contribution in [0, 0.1) is 39.6 Å². The molecule has 4 aliphatic rings. The highest BCUT2D eigenvalue weighted by Crippen LogP contribution is 2.62. The fraction of sp³-hybridized carbons (Fsp3) is 0.519. The monoisotopic (exact) mass is 924 g/mol. The van der Waals surface area contributed by atoms with Crippen LogP contribution in [0.1, 0.15) is 113 Å². The van der Waals surface area contributed by atoms with E-state index in [1.54, 1.807) is 42.5 Å². The first-order valence-corrected chi connectivity index (χ1v) is 24.0. The molecule has 3 N–H and O–H groups in total. The summed E-state index contributed by atoms with van der Waals surface area (Å²) in [5.41, 5.74) is 3.54. The first kappa shape index (κ1) is 49.3. The number of ether oxygens (including phenoxy) is 3. The molecule has 3 aromatic carbocycles. The zero-order valence-electron chi connectivity index (χ0n) is 38.5. The summed E-state index contributed by atoms with van der Waals surface area (Å²) >= 11 is 0. The lowest BCUT2D eigenvalue weighted by molar-refractivity contribution is -0.384. The zero-order valence-corrected chi connectivity index (χ0v) is 38.5. The lowest BCUT2D eigenvalue weighted by Crippen LogP contribution is -2.70. The zero-order chi connectivity index (χ0) is 47.3. The van der Waals surface area contributed by atoms with Crippen LogP contribution in [-0.2, 0) is 27.5 Å². The standard InChI is InChI=1S/C52H65FN4O10/c1-3-29-64-52-47(56(33-36-15-20-39(53)21-16-36)48(60)26-19-35-11-5-6-12-35)32-45(55-65-34-37-17-22-40(23-18-37)57(62)63)43-30-38(13-7-9-27-58)42(14-8-10-28-59)49(50(43)52)44-31-41(24-25-46(44)67-52)66-51(61)54-4-2/h3,15-18,20-25,30-31,35,38,42,47,49-50,58-59H,1,4-14,19,26-29,32-34H2,2H3,(H,54,61). The molecule has 0 spiro atoms. The summed E-state index contributed by atoms with van der Waals surface area (Å²) in [4.78, 5) is 47.0. The Balaban J connectivity index is 1.43. The quantitative estimate of drug-likeness (QED) is 0.0358. The molecule has 0 bridgehead atoms. The Hall–Kier alpha value is -5.64. The summed E-state index contributed by atoms with van der Waals surface area (Å²) in [5.74, 6) is -1.86. The minimum atomic E-state index is -1.54. The minimum absolute atomic E-state index is 0.00876. The molecule has 3 aromatic rings. The van der Waals surface area contributed by atoms with E-state index in [9.17, 15) is 29.5 Å². The molecule has 0 saturated heterocycles. The number of oxime groups is 1. The van der Waals surface area contributed by atoms with E-state index >= 15 is 4.79 Å². The number of unbranched alkanes of at least 4 members (excludes halogenated alkanes) is 2. The molecule has 15 heteroatoms. The lowest BCUT2D eigenvalue weighted by atomic mass is 9.55. The van der Waals surface area contributed by atoms with Gasteiger partial charge >= 0.3 is 6.09 Å². The van der Waals surface area contributed by atoms with Crippen LogP contribution in [0.2, 0.25) is 0 Å². The molecule has 6 unspecified atom stereocenters. The topological polar surface area (TPSA) is 182 Å². The average Bonchev–Trinajstić information content (AvgIpc) is 3.86. The number of rotatable bonds is 23. The van der Waals surface area contributed by atoms with Gasteiger partial charge in [-0.05, 0) is 116 Å². The van der Waals surface area contributed by atoms with Crippen LogP contribution in [0.5, 0.6) is 11.5 Å². The minimum Gasteiger partial charge on any atom is -0.459 e. The lowest BCUT2D eigenvalue weighted by Gasteiger charge is -2.60. The number of halogens is 1. The number of amides is 2. The summed E-state index contributed by atoms with van der Waals surface area (Å²) in [6, 6.07) is 16.8. The van der Waals surface area contributed by atoms with Crippen molar-refractivity contribution in [3.8, 4) is 11.5 Å². The average molecular weight is 925 g/mol. The van der Waals surface area contributed by atoms with Crippen molar-refractivity contribution in [2.24, 2.45) is 28.8 Å². The van der Waals surface area contributed by atoms with Gasteiger partial charge in [0.2, 0.25) is 11.7 Å². The highest BCUT2D eigenvalue weighted by Gasteiger charge is 2.65. The van der Waals surface area contributed by atoms with Crippen LogP contribution in [0.15, 0.2) is 96.2 Å². The molecule has 7 rings (SSSR count). The molecule has 2 fully saturated rings. The van der Waals surface area contributed by atoms with Crippen molar-refractivity contribution in [2.75, 3.05) is 26.4 Å². The number of hydrogen-bond acceptors (Lipinski definition) is 11. The largest absolute Gasteiger partial charge is 0.459 e. The van der Waals surface area contributed by atoms with Crippen molar-refractivity contribution < 1.29 is 48.2 Å². The number of non-ortho nitro benzene ring substituents is 1. The Labute approximate surface area is 392 Å². The molecule has 0 aromatic heterocycles. The van der Waals surface area contributed by atoms with Crippen molar-refractivity contribution in [1.29, 1.82) is 0 Å². The van der Waals surface area contributed by atoms with E-state index in [4.69, 9.17) is 24.2 Å². The number of nitrogens with one attached hydrogen (secondary N) is 1. The molecular weight excluding hydrogens is 860 g/mol. The number of carbonyl (C=O) groups is 2. The van der Waals surface area contributed by atoms with Gasteiger partial charge in [-0.2, -0.15) is 0 Å². The molecule has 67 heavy (non-hydrogen) atoms. The molecule has 0 radical (unpaired) electrons. The van der Waals surface area contributed by atoms with Crippen molar-refractivity contribution in [1.82, 2.24) is 10.2 Å². The second-order valence-corrected chi connectivity index (χ2v) is 18.2. The van der Waals surface area contributed by atoms with Crippen LogP contribution in [0.4, 0.5) is 14.9 Å². The van der Waals surface area contributed by atoms with E-state index in [0.29, 0.717) is 54.5 Å². The smallest absolute Gasteiger partial charge is 0.412 e. The molecule has 2 saturated carbocycles. The molecule has 14 nitrogen and oxygen atoms in total. The predicted octanol–water partition coefficient (Wildman–Crippen LogP) is 9.68. The van der Waals surface area contributed by atoms with Gasteiger partial charge in [0.05, 0.1) is 23.2 Å². The maximum atomic E-state index is 15.2. The van der Waals surface area contributed by atoms with Gasteiger partial charge in [0.1, 0.15) is 30.0 Å². The van der Waals surface area contributed by atoms with Crippen molar-refractivity contribution in [3.05, 3.63) is 124 Å². The van der Waals surface area contributed by atoms with E-state index in [1.807, 2.05) is 17.9 Å². The first-order chi connectivity index (χ1) is 32.6. The number of hydrogen-bond donors (Lipinski definition) is 3. The van der Waals surface area contributed by atoms with Crippen molar-refractivity contribution in [3.63, 3.8) is 0 Å². The fourth-order valence-corrected chi connectivity index (χ4v) is 10.8. The van der Waals surface area contributed by atoms with E-state index in [1.165, 1.54) is 24.3 Å². The van der Waals surface area contributed by atoms with Crippen LogP contribution in [0.25, 0.3) is 0 Å². The van der Waals surface area contributed by atoms with E-state index in [0.717, 1.165) is 68.1 Å². The number of aliphatic hydroxyl groups is 2. The number of carbonyl (C=O) groups excluding carboxylic acids is 2. The molecule has 1 aliphatic heterocycles. The van der Waals surface area contributed by atoms with Gasteiger partial charge in [-0.1, -0.05) is 68.0 Å². The highest BCUT2D eigenvalue weighted by molar-refractivity contribution is 6.03. The summed E-state index contributed by atoms with van der Waals surface area (Å²) < 4.78 is 34.7. The van der Waals surface area contributed by atoms with Crippen molar-refractivity contribution >= 4 is 23.4 Å². The summed E-state index contributed by atoms with van der Waals surface area (Å²) in [5, 5.41) is 39.0. The highest BCUT2D eigenvalue weighted by atomic mass is 19.1. The molecule has 2 amide bonds. The number of aliphatic hydroxyl groups excluding tert-OH is 2. The predicted molar refractivity (Wildman–Crippen MR) is 251 cm³/mol. The fourth-order valence-electron chi connectivity index (χ4n) is 10.8. The molecule has 6 atom stereocenters. The Morgan fingerprint density at radius 1 is 1.00 bits per heavy atom. The van der Waals surface area contributed by atoms with Gasteiger partial charge in [0.15, 0.2) is 0 Å².